The fraction of sp³-hybridized carbons (Fsp3) is 0.710. The van der Waals surface area contributed by atoms with Gasteiger partial charge in [0.05, 0.1) is 6.42 Å². The lowest BCUT2D eigenvalue weighted by molar-refractivity contribution is -0.576. The molecule has 2 bridgehead atoms. The highest BCUT2D eigenvalue weighted by molar-refractivity contribution is 5.81. The number of amides is 2. The van der Waals surface area contributed by atoms with E-state index >= 15 is 0 Å². The maximum absolute atomic E-state index is 12.7. The number of nitrogens with one attached hydrogen (secondary N) is 2. The number of ether oxygens (including phenoxy) is 3. The Morgan fingerprint density at radius 1 is 0.953 bits per heavy atom. The largest absolute Gasteiger partial charge is 0.504 e. The van der Waals surface area contributed by atoms with E-state index in [1.807, 2.05) is 13.8 Å². The molecule has 4 saturated heterocycles. The second-order valence-corrected chi connectivity index (χ2v) is 12.6. The Morgan fingerprint density at radius 2 is 1.72 bits per heavy atom. The van der Waals surface area contributed by atoms with E-state index in [1.54, 1.807) is 6.07 Å². The molecule has 5 fully saturated rings. The Balaban J connectivity index is 1.01. The first kappa shape index (κ1) is 31.5. The fourth-order valence-electron chi connectivity index (χ4n) is 7.14. The van der Waals surface area contributed by atoms with Gasteiger partial charge in [0.1, 0.15) is 0 Å². The van der Waals surface area contributed by atoms with Gasteiger partial charge < -0.3 is 35.1 Å². The molecule has 12 nitrogen and oxygen atoms in total. The number of carbonyl (C=O) groups excluding carboxylic acids is 3. The number of phenols is 2. The summed E-state index contributed by atoms with van der Waals surface area (Å²) in [5.41, 5.74) is 0.0543. The molecule has 1 aromatic carbocycles. The molecular formula is C31H44N2O10. The van der Waals surface area contributed by atoms with E-state index in [-0.39, 0.29) is 60.3 Å². The van der Waals surface area contributed by atoms with Crippen LogP contribution in [0.2, 0.25) is 0 Å². The number of aromatic hydroxyl groups is 2. The molecule has 1 aromatic rings. The van der Waals surface area contributed by atoms with E-state index in [0.717, 1.165) is 24.8 Å². The summed E-state index contributed by atoms with van der Waals surface area (Å²) in [7, 11) is 0. The lowest BCUT2D eigenvalue weighted by Crippen LogP contribution is -2.70. The quantitative estimate of drug-likeness (QED) is 0.128. The van der Waals surface area contributed by atoms with Crippen LogP contribution in [0.15, 0.2) is 18.2 Å². The molecule has 5 aliphatic rings. The summed E-state index contributed by atoms with van der Waals surface area (Å²) in [6.45, 7) is 6.78. The normalized spacial score (nSPS) is 34.5. The molecular weight excluding hydrogens is 560 g/mol. The van der Waals surface area contributed by atoms with E-state index < -0.39 is 29.9 Å². The summed E-state index contributed by atoms with van der Waals surface area (Å²) in [4.78, 5) is 49.0. The van der Waals surface area contributed by atoms with Crippen molar-refractivity contribution < 1.29 is 48.6 Å². The van der Waals surface area contributed by atoms with Crippen LogP contribution in [0.25, 0.3) is 0 Å². The fourth-order valence-corrected chi connectivity index (χ4v) is 7.14. The first-order valence-electron chi connectivity index (χ1n) is 15.4. The molecule has 4 aliphatic heterocycles. The minimum Gasteiger partial charge on any atom is -0.504 e. The summed E-state index contributed by atoms with van der Waals surface area (Å²) in [6, 6.07) is 4.53. The molecule has 238 valence electrons. The van der Waals surface area contributed by atoms with E-state index in [9.17, 15) is 24.6 Å². The van der Waals surface area contributed by atoms with Crippen molar-refractivity contribution in [2.45, 2.75) is 103 Å². The van der Waals surface area contributed by atoms with E-state index in [0.29, 0.717) is 38.3 Å². The number of phenolic OH excluding ortho intramolecular Hbond substituents is 2. The van der Waals surface area contributed by atoms with Crippen LogP contribution < -0.4 is 10.6 Å². The van der Waals surface area contributed by atoms with Crippen molar-refractivity contribution in [2.24, 2.45) is 23.7 Å². The highest BCUT2D eigenvalue weighted by atomic mass is 17.3. The third-order valence-corrected chi connectivity index (χ3v) is 9.58. The van der Waals surface area contributed by atoms with Crippen molar-refractivity contribution in [3.8, 4) is 11.5 Å². The lowest BCUT2D eigenvalue weighted by Gasteiger charge is -2.59. The number of hydrogen-bond acceptors (Lipinski definition) is 10. The zero-order valence-electron chi connectivity index (χ0n) is 25.1. The summed E-state index contributed by atoms with van der Waals surface area (Å²) in [6.07, 6.45) is 3.09. The number of fused-ring (bicyclic) bond motifs is 2. The Bertz CT molecular complexity index is 1200. The van der Waals surface area contributed by atoms with E-state index in [4.69, 9.17) is 24.0 Å². The van der Waals surface area contributed by atoms with Crippen molar-refractivity contribution in [1.82, 2.24) is 10.6 Å². The van der Waals surface area contributed by atoms with Gasteiger partial charge in [-0.15, -0.1) is 0 Å². The van der Waals surface area contributed by atoms with Crippen molar-refractivity contribution in [1.29, 1.82) is 0 Å². The van der Waals surface area contributed by atoms with Gasteiger partial charge in [0.2, 0.25) is 23.9 Å². The molecule has 0 radical (unpaired) electrons. The van der Waals surface area contributed by atoms with Crippen LogP contribution in [0.5, 0.6) is 11.5 Å². The average Bonchev–Trinajstić information content (AvgIpc) is 3.20. The molecule has 0 unspecified atom stereocenters. The highest BCUT2D eigenvalue weighted by Crippen LogP contribution is 2.60. The lowest BCUT2D eigenvalue weighted by atomic mass is 9.58. The van der Waals surface area contributed by atoms with Gasteiger partial charge in [0, 0.05) is 44.2 Å². The highest BCUT2D eigenvalue weighted by Gasteiger charge is 2.69. The van der Waals surface area contributed by atoms with E-state index in [2.05, 4.69) is 17.6 Å². The maximum Gasteiger partial charge on any atom is 0.308 e. The van der Waals surface area contributed by atoms with Crippen LogP contribution in [0.3, 0.4) is 0 Å². The van der Waals surface area contributed by atoms with Gasteiger partial charge >= 0.3 is 5.97 Å². The van der Waals surface area contributed by atoms with Crippen LogP contribution in [0, 0.1) is 23.7 Å². The summed E-state index contributed by atoms with van der Waals surface area (Å²) >= 11 is 0. The minimum atomic E-state index is -0.913. The van der Waals surface area contributed by atoms with E-state index in [1.165, 1.54) is 12.1 Å². The average molecular weight is 605 g/mol. The van der Waals surface area contributed by atoms with Crippen molar-refractivity contribution in [3.05, 3.63) is 23.8 Å². The second-order valence-electron chi connectivity index (χ2n) is 12.6. The SMILES string of the molecule is C[C@@H]1[C@@H](OC(=O)CCC(=O)NCCCC(=O)NCCc2ccc(O)c(O)c2)O[C@H]2O[C@@]3(C)CC[C@H]4[C@H](C)CC[C@H]1[C@]24OO3. The number of esters is 1. The smallest absolute Gasteiger partial charge is 0.308 e. The molecule has 0 aromatic heterocycles. The van der Waals surface area contributed by atoms with Crippen LogP contribution >= 0.6 is 0 Å². The minimum absolute atomic E-state index is 0.0342. The molecule has 43 heavy (non-hydrogen) atoms. The molecule has 2 amide bonds. The zero-order valence-corrected chi connectivity index (χ0v) is 25.1. The molecule has 6 rings (SSSR count). The third-order valence-electron chi connectivity index (χ3n) is 9.58. The predicted molar refractivity (Wildman–Crippen MR) is 151 cm³/mol. The van der Waals surface area contributed by atoms with Gasteiger partial charge in [-0.1, -0.05) is 19.9 Å². The maximum atomic E-state index is 12.7. The first-order valence-corrected chi connectivity index (χ1v) is 15.4. The van der Waals surface area contributed by atoms with Crippen LogP contribution in [0.1, 0.15) is 77.7 Å². The number of hydrogen-bond donors (Lipinski definition) is 4. The zero-order chi connectivity index (χ0) is 30.8. The molecule has 1 aliphatic carbocycles. The molecule has 8 atom stereocenters. The van der Waals surface area contributed by atoms with Crippen molar-refractivity contribution in [3.63, 3.8) is 0 Å². The summed E-state index contributed by atoms with van der Waals surface area (Å²) in [5.74, 6) is -1.73. The number of rotatable bonds is 11. The molecule has 1 spiro atoms. The number of carbonyl (C=O) groups is 3. The van der Waals surface area contributed by atoms with Gasteiger partial charge in [-0.3, -0.25) is 14.4 Å². The molecule has 4 N–H and O–H groups in total. The van der Waals surface area contributed by atoms with Crippen molar-refractivity contribution >= 4 is 17.8 Å². The Hall–Kier alpha value is -2.93. The Labute approximate surface area is 251 Å². The topological polar surface area (TPSA) is 162 Å². The van der Waals surface area contributed by atoms with Gasteiger partial charge in [-0.2, -0.15) is 0 Å². The summed E-state index contributed by atoms with van der Waals surface area (Å²) < 4.78 is 18.3. The Kier molecular flexibility index (Phi) is 9.50. The predicted octanol–water partition coefficient (Wildman–Crippen LogP) is 3.18. The van der Waals surface area contributed by atoms with Gasteiger partial charge in [-0.25, -0.2) is 9.78 Å². The molecule has 1 saturated carbocycles. The molecule has 12 heteroatoms. The first-order chi connectivity index (χ1) is 20.5. The van der Waals surface area contributed by atoms with Gasteiger partial charge in [0.25, 0.3) is 0 Å². The standard InChI is InChI=1S/C31H44N2O10/c1-18-6-8-22-19(2)28(40-29-31(22)21(18)12-14-30(3,41-29)42-43-31)39-27(38)11-10-26(37)32-15-4-5-25(36)33-16-13-20-7-9-23(34)24(35)17-20/h7,9,17-19,21-22,28-29,34-35H,4-6,8,10-16H2,1-3H3,(H,32,37)(H,33,36)/t18-,19+,21+,22-,28+,29+,30-,31+/m1/s1. The monoisotopic (exact) mass is 604 g/mol. The van der Waals surface area contributed by atoms with Crippen LogP contribution in [-0.4, -0.2) is 65.1 Å². The van der Waals surface area contributed by atoms with Crippen molar-refractivity contribution in [2.75, 3.05) is 13.1 Å². The van der Waals surface area contributed by atoms with Crippen LogP contribution in [0.4, 0.5) is 0 Å². The Morgan fingerprint density at radius 3 is 2.51 bits per heavy atom. The summed E-state index contributed by atoms with van der Waals surface area (Å²) in [5, 5.41) is 24.4. The molecule has 4 heterocycles. The second kappa shape index (κ2) is 13.0. The van der Waals surface area contributed by atoms with Gasteiger partial charge in [0.15, 0.2) is 23.4 Å². The van der Waals surface area contributed by atoms with Crippen LogP contribution in [-0.2, 0) is 44.8 Å². The van der Waals surface area contributed by atoms with Gasteiger partial charge in [-0.05, 0) is 68.6 Å². The number of benzene rings is 1. The third kappa shape index (κ3) is 6.77.